The fraction of sp³-hybridized carbons (Fsp3) is 0.0500. The Balaban J connectivity index is 1.75. The molecule has 0 spiro atoms. The van der Waals surface area contributed by atoms with Gasteiger partial charge in [-0.15, -0.1) is 0 Å². The highest BCUT2D eigenvalue weighted by Gasteiger charge is 2.14. The summed E-state index contributed by atoms with van der Waals surface area (Å²) in [5.74, 6) is 1.19. The Labute approximate surface area is 155 Å². The fourth-order valence-electron chi connectivity index (χ4n) is 2.40. The molecule has 7 heteroatoms. The number of amides is 1. The van der Waals surface area contributed by atoms with Gasteiger partial charge in [-0.3, -0.25) is 14.9 Å². The Kier molecular flexibility index (Phi) is 5.32. The number of carbonyl (C=O) groups excluding carboxylic acids is 1. The van der Waals surface area contributed by atoms with Gasteiger partial charge < -0.3 is 14.8 Å². The molecule has 0 heterocycles. The summed E-state index contributed by atoms with van der Waals surface area (Å²) in [6, 6.07) is 19.8. The van der Waals surface area contributed by atoms with Crippen LogP contribution in [0.3, 0.4) is 0 Å². The van der Waals surface area contributed by atoms with E-state index in [9.17, 15) is 14.9 Å². The van der Waals surface area contributed by atoms with Crippen LogP contribution in [0.2, 0.25) is 0 Å². The molecule has 0 fully saturated rings. The second kappa shape index (κ2) is 8.01. The molecule has 0 unspecified atom stereocenters. The van der Waals surface area contributed by atoms with Crippen LogP contribution in [0.25, 0.3) is 0 Å². The zero-order valence-electron chi connectivity index (χ0n) is 14.4. The third-order valence-corrected chi connectivity index (χ3v) is 3.74. The zero-order chi connectivity index (χ0) is 19.2. The van der Waals surface area contributed by atoms with Crippen LogP contribution in [0.15, 0.2) is 72.8 Å². The summed E-state index contributed by atoms with van der Waals surface area (Å²) in [5.41, 5.74) is 0.461. The van der Waals surface area contributed by atoms with Crippen molar-refractivity contribution in [2.24, 2.45) is 0 Å². The number of hydrogen-bond donors (Lipinski definition) is 1. The van der Waals surface area contributed by atoms with E-state index in [1.165, 1.54) is 25.3 Å². The molecule has 0 atom stereocenters. The van der Waals surface area contributed by atoms with Gasteiger partial charge in [0.05, 0.1) is 17.7 Å². The van der Waals surface area contributed by atoms with Crippen molar-refractivity contribution in [1.82, 2.24) is 0 Å². The summed E-state index contributed by atoms with van der Waals surface area (Å²) >= 11 is 0. The Bertz CT molecular complexity index is 956. The SMILES string of the molecule is COc1ccc([N+](=O)[O-])cc1NC(=O)c1ccc(Oc2ccccc2)cc1. The predicted octanol–water partition coefficient (Wildman–Crippen LogP) is 4.65. The van der Waals surface area contributed by atoms with E-state index in [4.69, 9.17) is 9.47 Å². The monoisotopic (exact) mass is 364 g/mol. The van der Waals surface area contributed by atoms with E-state index in [0.717, 1.165) is 0 Å². The van der Waals surface area contributed by atoms with Crippen LogP contribution < -0.4 is 14.8 Å². The molecule has 3 aromatic rings. The Hall–Kier alpha value is -3.87. The number of ether oxygens (including phenoxy) is 2. The van der Waals surface area contributed by atoms with Crippen LogP contribution in [-0.2, 0) is 0 Å². The van der Waals surface area contributed by atoms with Gasteiger partial charge >= 0.3 is 0 Å². The van der Waals surface area contributed by atoms with Crippen molar-refractivity contribution in [2.45, 2.75) is 0 Å². The van der Waals surface area contributed by atoms with Crippen molar-refractivity contribution in [3.63, 3.8) is 0 Å². The molecule has 1 amide bonds. The molecule has 0 radical (unpaired) electrons. The zero-order valence-corrected chi connectivity index (χ0v) is 14.4. The average Bonchev–Trinajstić information content (AvgIpc) is 2.69. The maximum Gasteiger partial charge on any atom is 0.271 e. The molecule has 0 saturated carbocycles. The van der Waals surface area contributed by atoms with Crippen LogP contribution in [0.4, 0.5) is 11.4 Å². The number of benzene rings is 3. The van der Waals surface area contributed by atoms with Gasteiger partial charge in [0.2, 0.25) is 0 Å². The van der Waals surface area contributed by atoms with Crippen molar-refractivity contribution in [2.75, 3.05) is 12.4 Å². The van der Waals surface area contributed by atoms with E-state index < -0.39 is 10.8 Å². The summed E-state index contributed by atoms with van der Waals surface area (Å²) in [5, 5.41) is 13.6. The second-order valence-electron chi connectivity index (χ2n) is 5.54. The highest BCUT2D eigenvalue weighted by atomic mass is 16.6. The number of nitrogens with zero attached hydrogens (tertiary/aromatic N) is 1. The molecule has 0 aromatic heterocycles. The number of para-hydroxylation sites is 1. The summed E-state index contributed by atoms with van der Waals surface area (Å²) in [6.07, 6.45) is 0. The second-order valence-corrected chi connectivity index (χ2v) is 5.54. The Morgan fingerprint density at radius 1 is 0.963 bits per heavy atom. The number of nitrogens with one attached hydrogen (secondary N) is 1. The Morgan fingerprint density at radius 3 is 2.26 bits per heavy atom. The van der Waals surface area contributed by atoms with Gasteiger partial charge in [0.15, 0.2) is 0 Å². The lowest BCUT2D eigenvalue weighted by Gasteiger charge is -2.10. The lowest BCUT2D eigenvalue weighted by atomic mass is 10.2. The van der Waals surface area contributed by atoms with Crippen LogP contribution in [-0.4, -0.2) is 17.9 Å². The van der Waals surface area contributed by atoms with E-state index in [2.05, 4.69) is 5.32 Å². The van der Waals surface area contributed by atoms with E-state index in [1.54, 1.807) is 24.3 Å². The maximum atomic E-state index is 12.5. The number of carbonyl (C=O) groups is 1. The molecule has 0 aliphatic carbocycles. The molecular weight excluding hydrogens is 348 g/mol. The number of nitro benzene ring substituents is 1. The number of rotatable bonds is 6. The molecule has 3 aromatic carbocycles. The predicted molar refractivity (Wildman–Crippen MR) is 101 cm³/mol. The van der Waals surface area contributed by atoms with Crippen LogP contribution in [0.5, 0.6) is 17.2 Å². The molecule has 3 rings (SSSR count). The molecule has 27 heavy (non-hydrogen) atoms. The molecule has 1 N–H and O–H groups in total. The van der Waals surface area contributed by atoms with E-state index in [-0.39, 0.29) is 11.4 Å². The third-order valence-electron chi connectivity index (χ3n) is 3.74. The summed E-state index contributed by atoms with van der Waals surface area (Å²) in [6.45, 7) is 0. The third kappa shape index (κ3) is 4.40. The largest absolute Gasteiger partial charge is 0.495 e. The number of anilines is 1. The van der Waals surface area contributed by atoms with Crippen molar-refractivity contribution < 1.29 is 19.2 Å². The average molecular weight is 364 g/mol. The smallest absolute Gasteiger partial charge is 0.271 e. The van der Waals surface area contributed by atoms with Crippen LogP contribution in [0, 0.1) is 10.1 Å². The summed E-state index contributed by atoms with van der Waals surface area (Å²) in [7, 11) is 1.42. The van der Waals surface area contributed by atoms with Crippen molar-refractivity contribution in [3.8, 4) is 17.2 Å². The molecule has 0 bridgehead atoms. The summed E-state index contributed by atoms with van der Waals surface area (Å²) < 4.78 is 10.8. The number of non-ortho nitro benzene ring substituents is 1. The van der Waals surface area contributed by atoms with E-state index in [0.29, 0.717) is 22.8 Å². The quantitative estimate of drug-likeness (QED) is 0.508. The van der Waals surface area contributed by atoms with Gasteiger partial charge in [0.25, 0.3) is 11.6 Å². The van der Waals surface area contributed by atoms with Gasteiger partial charge in [-0.25, -0.2) is 0 Å². The lowest BCUT2D eigenvalue weighted by Crippen LogP contribution is -2.12. The highest BCUT2D eigenvalue weighted by Crippen LogP contribution is 2.29. The van der Waals surface area contributed by atoms with Gasteiger partial charge in [-0.1, -0.05) is 18.2 Å². The topological polar surface area (TPSA) is 90.7 Å². The van der Waals surface area contributed by atoms with Gasteiger partial charge in [0.1, 0.15) is 17.2 Å². The molecule has 0 aliphatic heterocycles. The molecule has 136 valence electrons. The van der Waals surface area contributed by atoms with Crippen LogP contribution >= 0.6 is 0 Å². The van der Waals surface area contributed by atoms with Gasteiger partial charge in [-0.2, -0.15) is 0 Å². The van der Waals surface area contributed by atoms with Crippen molar-refractivity contribution in [1.29, 1.82) is 0 Å². The Morgan fingerprint density at radius 2 is 1.63 bits per heavy atom. The fourth-order valence-corrected chi connectivity index (χ4v) is 2.40. The first-order valence-electron chi connectivity index (χ1n) is 8.03. The first kappa shape index (κ1) is 17.9. The first-order chi connectivity index (χ1) is 13.1. The minimum Gasteiger partial charge on any atom is -0.495 e. The van der Waals surface area contributed by atoms with Crippen molar-refractivity contribution in [3.05, 3.63) is 88.5 Å². The van der Waals surface area contributed by atoms with Crippen molar-refractivity contribution >= 4 is 17.3 Å². The number of nitro groups is 1. The minimum absolute atomic E-state index is 0.141. The lowest BCUT2D eigenvalue weighted by molar-refractivity contribution is -0.384. The first-order valence-corrected chi connectivity index (χ1v) is 8.03. The van der Waals surface area contributed by atoms with E-state index in [1.807, 2.05) is 30.3 Å². The van der Waals surface area contributed by atoms with E-state index >= 15 is 0 Å². The summed E-state index contributed by atoms with van der Waals surface area (Å²) in [4.78, 5) is 22.9. The highest BCUT2D eigenvalue weighted by molar-refractivity contribution is 6.05. The van der Waals surface area contributed by atoms with Gasteiger partial charge in [-0.05, 0) is 42.5 Å². The normalized spacial score (nSPS) is 10.1. The van der Waals surface area contributed by atoms with Gasteiger partial charge in [0, 0.05) is 17.7 Å². The number of methoxy groups -OCH3 is 1. The maximum absolute atomic E-state index is 12.5. The molecule has 0 saturated heterocycles. The minimum atomic E-state index is -0.537. The molecular formula is C20H16N2O5. The standard InChI is InChI=1S/C20H16N2O5/c1-26-19-12-9-15(22(24)25)13-18(19)21-20(23)14-7-10-17(11-8-14)27-16-5-3-2-4-6-16/h2-13H,1H3,(H,21,23). The van der Waals surface area contributed by atoms with Crippen LogP contribution in [0.1, 0.15) is 10.4 Å². The number of hydrogen-bond acceptors (Lipinski definition) is 5. The molecule has 0 aliphatic rings. The molecule has 7 nitrogen and oxygen atoms in total.